The van der Waals surface area contributed by atoms with Gasteiger partial charge in [0, 0.05) is 0 Å². The maximum absolute atomic E-state index is 13.0. The summed E-state index contributed by atoms with van der Waals surface area (Å²) in [4.78, 5) is 15.7. The predicted molar refractivity (Wildman–Crippen MR) is 48.7 cm³/mol. The molecule has 0 spiro atoms. The summed E-state index contributed by atoms with van der Waals surface area (Å²) in [5.41, 5.74) is 1.94. The van der Waals surface area contributed by atoms with Crippen molar-refractivity contribution in [2.75, 3.05) is 6.61 Å². The molecule has 0 aliphatic heterocycles. The molecule has 3 nitrogen and oxygen atoms in total. The van der Waals surface area contributed by atoms with Gasteiger partial charge in [0.1, 0.15) is 12.4 Å². The number of hydroxylamine groups is 1. The second-order valence-corrected chi connectivity index (χ2v) is 2.40. The van der Waals surface area contributed by atoms with Crippen molar-refractivity contribution < 1.29 is 14.0 Å². The van der Waals surface area contributed by atoms with Crippen LogP contribution in [0.25, 0.3) is 0 Å². The zero-order valence-corrected chi connectivity index (χ0v) is 7.29. The Morgan fingerprint density at radius 1 is 1.57 bits per heavy atom. The molecular weight excluding hydrogens is 185 g/mol. The van der Waals surface area contributed by atoms with Crippen molar-refractivity contribution >= 4 is 5.91 Å². The standard InChI is InChI=1S/C10H8FNO2/c1-2-7-14-12-10(13)8-5-3-4-6-9(8)11/h1,3-6H,7H2,(H,12,13). The third kappa shape index (κ3) is 2.57. The van der Waals surface area contributed by atoms with Gasteiger partial charge < -0.3 is 0 Å². The van der Waals surface area contributed by atoms with Crippen LogP contribution in [0.3, 0.4) is 0 Å². The number of carbonyl (C=O) groups is 1. The van der Waals surface area contributed by atoms with E-state index in [9.17, 15) is 9.18 Å². The molecule has 0 heterocycles. The smallest absolute Gasteiger partial charge is 0.267 e. The monoisotopic (exact) mass is 193 g/mol. The number of rotatable bonds is 3. The Bertz CT molecular complexity index is 371. The van der Waals surface area contributed by atoms with Crippen LogP contribution >= 0.6 is 0 Å². The molecule has 1 aromatic rings. The predicted octanol–water partition coefficient (Wildman–Crippen LogP) is 1.12. The number of amides is 1. The summed E-state index contributed by atoms with van der Waals surface area (Å²) >= 11 is 0. The molecule has 0 bridgehead atoms. The summed E-state index contributed by atoms with van der Waals surface area (Å²) in [6.45, 7) is -0.0554. The number of carbonyl (C=O) groups excluding carboxylic acids is 1. The van der Waals surface area contributed by atoms with E-state index in [1.165, 1.54) is 18.2 Å². The topological polar surface area (TPSA) is 38.3 Å². The van der Waals surface area contributed by atoms with Gasteiger partial charge in [-0.05, 0) is 12.1 Å². The first kappa shape index (κ1) is 10.2. The summed E-state index contributed by atoms with van der Waals surface area (Å²) in [5.74, 6) is 0.902. The van der Waals surface area contributed by atoms with E-state index in [-0.39, 0.29) is 12.2 Å². The first-order valence-corrected chi connectivity index (χ1v) is 3.86. The molecule has 0 saturated carbocycles. The van der Waals surface area contributed by atoms with Crippen molar-refractivity contribution in [2.24, 2.45) is 0 Å². The van der Waals surface area contributed by atoms with Crippen LogP contribution in [0.1, 0.15) is 10.4 Å². The third-order valence-corrected chi connectivity index (χ3v) is 1.44. The van der Waals surface area contributed by atoms with Gasteiger partial charge in [0.15, 0.2) is 0 Å². The van der Waals surface area contributed by atoms with Gasteiger partial charge in [-0.1, -0.05) is 18.1 Å². The van der Waals surface area contributed by atoms with Gasteiger partial charge in [-0.2, -0.15) is 0 Å². The number of nitrogens with one attached hydrogen (secondary N) is 1. The zero-order valence-electron chi connectivity index (χ0n) is 7.29. The molecule has 1 rings (SSSR count). The van der Waals surface area contributed by atoms with Crippen LogP contribution in [0.15, 0.2) is 24.3 Å². The highest BCUT2D eigenvalue weighted by molar-refractivity contribution is 5.93. The quantitative estimate of drug-likeness (QED) is 0.444. The fourth-order valence-corrected chi connectivity index (χ4v) is 0.844. The molecule has 72 valence electrons. The molecule has 0 aliphatic rings. The fraction of sp³-hybridized carbons (Fsp3) is 0.100. The van der Waals surface area contributed by atoms with Gasteiger partial charge in [0.2, 0.25) is 0 Å². The Kier molecular flexibility index (Phi) is 3.65. The van der Waals surface area contributed by atoms with Crippen molar-refractivity contribution in [1.82, 2.24) is 5.48 Å². The Hall–Kier alpha value is -1.86. The number of halogens is 1. The average molecular weight is 193 g/mol. The molecule has 0 aliphatic carbocycles. The Balaban J connectivity index is 2.62. The summed E-state index contributed by atoms with van der Waals surface area (Å²) < 4.78 is 13.0. The lowest BCUT2D eigenvalue weighted by Gasteiger charge is -2.03. The largest absolute Gasteiger partial charge is 0.277 e. The molecule has 1 amide bonds. The van der Waals surface area contributed by atoms with E-state index >= 15 is 0 Å². The first-order valence-electron chi connectivity index (χ1n) is 3.86. The highest BCUT2D eigenvalue weighted by Crippen LogP contribution is 2.05. The lowest BCUT2D eigenvalue weighted by atomic mass is 10.2. The first-order chi connectivity index (χ1) is 6.75. The van der Waals surface area contributed by atoms with Crippen LogP contribution in [-0.2, 0) is 4.84 Å². The maximum Gasteiger partial charge on any atom is 0.277 e. The molecule has 14 heavy (non-hydrogen) atoms. The van der Waals surface area contributed by atoms with Crippen LogP contribution in [0.2, 0.25) is 0 Å². The second-order valence-electron chi connectivity index (χ2n) is 2.40. The Morgan fingerprint density at radius 2 is 2.29 bits per heavy atom. The van der Waals surface area contributed by atoms with E-state index in [2.05, 4.69) is 10.8 Å². The van der Waals surface area contributed by atoms with Gasteiger partial charge in [0.05, 0.1) is 5.56 Å². The van der Waals surface area contributed by atoms with E-state index in [1.807, 2.05) is 5.48 Å². The highest BCUT2D eigenvalue weighted by Gasteiger charge is 2.09. The molecule has 0 atom stereocenters. The van der Waals surface area contributed by atoms with Crippen LogP contribution in [0.5, 0.6) is 0 Å². The molecule has 0 fully saturated rings. The van der Waals surface area contributed by atoms with Crippen LogP contribution in [0.4, 0.5) is 4.39 Å². The normalized spacial score (nSPS) is 9.14. The van der Waals surface area contributed by atoms with E-state index in [4.69, 9.17) is 6.42 Å². The lowest BCUT2D eigenvalue weighted by Crippen LogP contribution is -2.24. The minimum atomic E-state index is -0.654. The average Bonchev–Trinajstić information content (AvgIpc) is 2.18. The van der Waals surface area contributed by atoms with Gasteiger partial charge in [-0.25, -0.2) is 9.87 Å². The fourth-order valence-electron chi connectivity index (χ4n) is 0.844. The van der Waals surface area contributed by atoms with Crippen molar-refractivity contribution in [3.8, 4) is 12.3 Å². The molecule has 0 aromatic heterocycles. The van der Waals surface area contributed by atoms with Gasteiger partial charge in [0.25, 0.3) is 5.91 Å². The number of hydrogen-bond acceptors (Lipinski definition) is 2. The summed E-state index contributed by atoms with van der Waals surface area (Å²) in [6.07, 6.45) is 4.88. The molecule has 0 saturated heterocycles. The number of benzene rings is 1. The van der Waals surface area contributed by atoms with E-state index < -0.39 is 11.7 Å². The van der Waals surface area contributed by atoms with E-state index in [0.717, 1.165) is 0 Å². The lowest BCUT2D eigenvalue weighted by molar-refractivity contribution is 0.0434. The SMILES string of the molecule is C#CCONC(=O)c1ccccc1F. The van der Waals surface area contributed by atoms with Gasteiger partial charge in [-0.3, -0.25) is 9.63 Å². The highest BCUT2D eigenvalue weighted by atomic mass is 19.1. The van der Waals surface area contributed by atoms with Gasteiger partial charge >= 0.3 is 0 Å². The summed E-state index contributed by atoms with van der Waals surface area (Å²) in [6, 6.07) is 5.59. The summed E-state index contributed by atoms with van der Waals surface area (Å²) in [5, 5.41) is 0. The van der Waals surface area contributed by atoms with Crippen LogP contribution in [-0.4, -0.2) is 12.5 Å². The maximum atomic E-state index is 13.0. The van der Waals surface area contributed by atoms with Gasteiger partial charge in [-0.15, -0.1) is 6.42 Å². The molecule has 0 unspecified atom stereocenters. The molecule has 1 N–H and O–H groups in total. The van der Waals surface area contributed by atoms with Crippen molar-refractivity contribution in [3.63, 3.8) is 0 Å². The minimum Gasteiger partial charge on any atom is -0.267 e. The number of hydrogen-bond donors (Lipinski definition) is 1. The van der Waals surface area contributed by atoms with E-state index in [0.29, 0.717) is 0 Å². The second kappa shape index (κ2) is 5.00. The zero-order chi connectivity index (χ0) is 10.4. The molecular formula is C10H8FNO2. The third-order valence-electron chi connectivity index (χ3n) is 1.44. The molecule has 4 heteroatoms. The Morgan fingerprint density at radius 3 is 2.93 bits per heavy atom. The van der Waals surface area contributed by atoms with Crippen molar-refractivity contribution in [1.29, 1.82) is 0 Å². The summed E-state index contributed by atoms with van der Waals surface area (Å²) in [7, 11) is 0. The number of terminal acetylenes is 1. The molecule has 1 aromatic carbocycles. The van der Waals surface area contributed by atoms with E-state index in [1.54, 1.807) is 6.07 Å². The van der Waals surface area contributed by atoms with Crippen LogP contribution in [0, 0.1) is 18.2 Å². The van der Waals surface area contributed by atoms with Crippen molar-refractivity contribution in [3.05, 3.63) is 35.6 Å². The van der Waals surface area contributed by atoms with Crippen molar-refractivity contribution in [2.45, 2.75) is 0 Å². The minimum absolute atomic E-state index is 0.0554. The molecule has 0 radical (unpaired) electrons. The van der Waals surface area contributed by atoms with Crippen LogP contribution < -0.4 is 5.48 Å². The Labute approximate surface area is 80.8 Å².